The van der Waals surface area contributed by atoms with Gasteiger partial charge in [0.25, 0.3) is 0 Å². The summed E-state index contributed by atoms with van der Waals surface area (Å²) in [6.45, 7) is 4.67. The summed E-state index contributed by atoms with van der Waals surface area (Å²) < 4.78 is 5.53. The highest BCUT2D eigenvalue weighted by Gasteiger charge is 2.44. The Labute approximate surface area is 109 Å². The van der Waals surface area contributed by atoms with Crippen molar-refractivity contribution in [3.8, 4) is 0 Å². The van der Waals surface area contributed by atoms with E-state index in [4.69, 9.17) is 4.42 Å². The third-order valence-corrected chi connectivity index (χ3v) is 5.45. The smallest absolute Gasteiger partial charge is 0.109 e. The third-order valence-electron chi connectivity index (χ3n) is 5.45. The Bertz CT molecular complexity index is 422. The van der Waals surface area contributed by atoms with Crippen molar-refractivity contribution in [2.75, 3.05) is 0 Å². The summed E-state index contributed by atoms with van der Waals surface area (Å²) in [5.41, 5.74) is 0.468. The van der Waals surface area contributed by atoms with E-state index in [2.05, 4.69) is 13.8 Å². The van der Waals surface area contributed by atoms with Crippen LogP contribution >= 0.6 is 0 Å². The van der Waals surface area contributed by atoms with Crippen LogP contribution in [-0.2, 0) is 12.0 Å². The molecule has 1 aromatic rings. The van der Waals surface area contributed by atoms with Gasteiger partial charge in [0.05, 0.1) is 11.9 Å². The maximum absolute atomic E-state index is 11.2. The van der Waals surface area contributed by atoms with Crippen molar-refractivity contribution in [2.24, 2.45) is 17.8 Å². The number of aliphatic hydroxyl groups is 1. The molecule has 0 radical (unpaired) electrons. The zero-order chi connectivity index (χ0) is 12.8. The zero-order valence-electron chi connectivity index (χ0n) is 11.5. The van der Waals surface area contributed by atoms with Gasteiger partial charge in [-0.25, -0.2) is 0 Å². The molecule has 3 rings (SSSR count). The summed E-state index contributed by atoms with van der Waals surface area (Å²) in [5.74, 6) is 2.97. The minimum absolute atomic E-state index is 0.417. The predicted molar refractivity (Wildman–Crippen MR) is 71.2 cm³/mol. The molecule has 2 nitrogen and oxygen atoms in total. The maximum atomic E-state index is 11.2. The van der Waals surface area contributed by atoms with E-state index in [1.807, 2.05) is 6.07 Å². The highest BCUT2D eigenvalue weighted by atomic mass is 16.3. The van der Waals surface area contributed by atoms with Crippen LogP contribution in [0, 0.1) is 17.8 Å². The van der Waals surface area contributed by atoms with Crippen LogP contribution in [0.15, 0.2) is 16.7 Å². The second-order valence-electron chi connectivity index (χ2n) is 6.50. The molecule has 1 saturated carbocycles. The number of aryl methyl sites for hydroxylation is 1. The van der Waals surface area contributed by atoms with E-state index >= 15 is 0 Å². The molecule has 0 aromatic carbocycles. The fraction of sp³-hybridized carbons (Fsp3) is 0.750. The molecule has 1 aromatic heterocycles. The Morgan fingerprint density at radius 1 is 1.28 bits per heavy atom. The zero-order valence-corrected chi connectivity index (χ0v) is 11.5. The minimum Gasteiger partial charge on any atom is -0.469 e. The van der Waals surface area contributed by atoms with Crippen molar-refractivity contribution in [3.05, 3.63) is 23.7 Å². The lowest BCUT2D eigenvalue weighted by atomic mass is 9.64. The second kappa shape index (κ2) is 4.41. The van der Waals surface area contributed by atoms with Crippen LogP contribution in [0.1, 0.15) is 57.3 Å². The van der Waals surface area contributed by atoms with E-state index in [0.717, 1.165) is 55.3 Å². The lowest BCUT2D eigenvalue weighted by molar-refractivity contribution is -0.0666. The fourth-order valence-electron chi connectivity index (χ4n) is 3.98. The molecule has 0 aliphatic heterocycles. The quantitative estimate of drug-likeness (QED) is 0.818. The van der Waals surface area contributed by atoms with Gasteiger partial charge in [-0.05, 0) is 49.5 Å². The first kappa shape index (κ1) is 12.3. The molecule has 100 valence electrons. The van der Waals surface area contributed by atoms with E-state index in [1.54, 1.807) is 6.26 Å². The van der Waals surface area contributed by atoms with Crippen LogP contribution in [0.5, 0.6) is 0 Å². The van der Waals surface area contributed by atoms with Crippen LogP contribution in [0.4, 0.5) is 0 Å². The SMILES string of the molecule is CC1CCC(C2(O)CCCc3occc32)CC1C. The highest BCUT2D eigenvalue weighted by molar-refractivity contribution is 5.28. The van der Waals surface area contributed by atoms with Gasteiger partial charge in [0.1, 0.15) is 5.76 Å². The normalized spacial score (nSPS) is 40.5. The van der Waals surface area contributed by atoms with Crippen LogP contribution < -0.4 is 0 Å². The van der Waals surface area contributed by atoms with Gasteiger partial charge >= 0.3 is 0 Å². The van der Waals surface area contributed by atoms with Crippen LogP contribution in [-0.4, -0.2) is 5.11 Å². The molecule has 4 atom stereocenters. The van der Waals surface area contributed by atoms with Crippen molar-refractivity contribution in [3.63, 3.8) is 0 Å². The Balaban J connectivity index is 1.88. The molecule has 2 heteroatoms. The Hall–Kier alpha value is -0.760. The van der Waals surface area contributed by atoms with Gasteiger partial charge in [0.2, 0.25) is 0 Å². The standard InChI is InChI=1S/C16H24O2/c1-11-5-6-13(10-12(11)2)16(17)8-3-4-15-14(16)7-9-18-15/h7,9,11-13,17H,3-6,8,10H2,1-2H3. The lowest BCUT2D eigenvalue weighted by Crippen LogP contribution is -2.41. The maximum Gasteiger partial charge on any atom is 0.109 e. The topological polar surface area (TPSA) is 33.4 Å². The first-order valence-electron chi connectivity index (χ1n) is 7.40. The van der Waals surface area contributed by atoms with Crippen molar-refractivity contribution in [1.82, 2.24) is 0 Å². The van der Waals surface area contributed by atoms with Gasteiger partial charge in [-0.15, -0.1) is 0 Å². The fourth-order valence-corrected chi connectivity index (χ4v) is 3.98. The first-order chi connectivity index (χ1) is 8.61. The Kier molecular flexibility index (Phi) is 3.01. The molecule has 4 unspecified atom stereocenters. The lowest BCUT2D eigenvalue weighted by Gasteiger charge is -2.44. The average molecular weight is 248 g/mol. The van der Waals surface area contributed by atoms with Gasteiger partial charge in [-0.1, -0.05) is 20.3 Å². The molecule has 18 heavy (non-hydrogen) atoms. The van der Waals surface area contributed by atoms with Crippen LogP contribution in [0.2, 0.25) is 0 Å². The van der Waals surface area contributed by atoms with Crippen molar-refractivity contribution >= 4 is 0 Å². The molecule has 2 aliphatic carbocycles. The Morgan fingerprint density at radius 2 is 2.11 bits per heavy atom. The van der Waals surface area contributed by atoms with Gasteiger partial charge in [0, 0.05) is 12.0 Å². The molecule has 0 spiro atoms. The summed E-state index contributed by atoms with van der Waals surface area (Å²) in [7, 11) is 0. The van der Waals surface area contributed by atoms with Gasteiger partial charge in [0.15, 0.2) is 0 Å². The number of fused-ring (bicyclic) bond motifs is 1. The van der Waals surface area contributed by atoms with Crippen LogP contribution in [0.25, 0.3) is 0 Å². The molecule has 0 saturated heterocycles. The van der Waals surface area contributed by atoms with Crippen LogP contribution in [0.3, 0.4) is 0 Å². The molecule has 2 aliphatic rings. The Morgan fingerprint density at radius 3 is 2.89 bits per heavy atom. The average Bonchev–Trinajstić information content (AvgIpc) is 2.82. The second-order valence-corrected chi connectivity index (χ2v) is 6.50. The van der Waals surface area contributed by atoms with Gasteiger partial charge in [-0.3, -0.25) is 0 Å². The monoisotopic (exact) mass is 248 g/mol. The minimum atomic E-state index is -0.616. The summed E-state index contributed by atoms with van der Waals surface area (Å²) >= 11 is 0. The van der Waals surface area contributed by atoms with Crippen molar-refractivity contribution < 1.29 is 9.52 Å². The number of hydrogen-bond donors (Lipinski definition) is 1. The van der Waals surface area contributed by atoms with Gasteiger partial charge < -0.3 is 9.52 Å². The number of rotatable bonds is 1. The first-order valence-corrected chi connectivity index (χ1v) is 7.40. The van der Waals surface area contributed by atoms with Crippen molar-refractivity contribution in [2.45, 2.75) is 58.0 Å². The van der Waals surface area contributed by atoms with E-state index in [0.29, 0.717) is 5.92 Å². The molecule has 1 fully saturated rings. The third kappa shape index (κ3) is 1.82. The summed E-state index contributed by atoms with van der Waals surface area (Å²) in [4.78, 5) is 0. The van der Waals surface area contributed by atoms with Crippen molar-refractivity contribution in [1.29, 1.82) is 0 Å². The molecule has 0 bridgehead atoms. The highest BCUT2D eigenvalue weighted by Crippen LogP contribution is 2.48. The summed E-state index contributed by atoms with van der Waals surface area (Å²) in [5, 5.41) is 11.2. The van der Waals surface area contributed by atoms with E-state index < -0.39 is 5.60 Å². The molecule has 1 heterocycles. The number of furan rings is 1. The van der Waals surface area contributed by atoms with E-state index in [9.17, 15) is 5.11 Å². The number of hydrogen-bond acceptors (Lipinski definition) is 2. The summed E-state index contributed by atoms with van der Waals surface area (Å²) in [6.07, 6.45) is 8.26. The molecular formula is C16H24O2. The van der Waals surface area contributed by atoms with E-state index in [1.165, 1.54) is 6.42 Å². The van der Waals surface area contributed by atoms with E-state index in [-0.39, 0.29) is 0 Å². The van der Waals surface area contributed by atoms with Gasteiger partial charge in [-0.2, -0.15) is 0 Å². The largest absolute Gasteiger partial charge is 0.469 e. The summed E-state index contributed by atoms with van der Waals surface area (Å²) in [6, 6.07) is 2.00. The molecule has 1 N–H and O–H groups in total. The molecular weight excluding hydrogens is 224 g/mol. The molecule has 0 amide bonds. The predicted octanol–water partition coefficient (Wildman–Crippen LogP) is 3.88.